The first-order chi connectivity index (χ1) is 12.0. The van der Waals surface area contributed by atoms with Crippen molar-refractivity contribution in [2.75, 3.05) is 24.2 Å². The lowest BCUT2D eigenvalue weighted by Crippen LogP contribution is -2.38. The largest absolute Gasteiger partial charge is 0.337 e. The third-order valence-corrected chi connectivity index (χ3v) is 3.49. The summed E-state index contributed by atoms with van der Waals surface area (Å²) in [5.74, 6) is -1.49. The molecule has 130 valence electrons. The van der Waals surface area contributed by atoms with Crippen LogP contribution in [0.15, 0.2) is 48.8 Å². The van der Waals surface area contributed by atoms with Gasteiger partial charge in [-0.3, -0.25) is 19.4 Å². The van der Waals surface area contributed by atoms with Gasteiger partial charge in [0.1, 0.15) is 0 Å². The molecule has 2 aromatic rings. The number of hydrogen-bond acceptors (Lipinski definition) is 4. The first kappa shape index (κ1) is 18.1. The van der Waals surface area contributed by atoms with Crippen LogP contribution in [0.4, 0.5) is 11.4 Å². The number of carbonyl (C=O) groups is 3. The van der Waals surface area contributed by atoms with Crippen molar-refractivity contribution in [1.29, 1.82) is 0 Å². The number of nitrogens with one attached hydrogen (secondary N) is 2. The molecule has 0 saturated carbocycles. The van der Waals surface area contributed by atoms with Crippen LogP contribution in [0.25, 0.3) is 0 Å². The van der Waals surface area contributed by atoms with E-state index in [4.69, 9.17) is 0 Å². The number of amides is 3. The minimum absolute atomic E-state index is 0.178. The third kappa shape index (κ3) is 5.72. The van der Waals surface area contributed by atoms with E-state index in [2.05, 4.69) is 15.6 Å². The Morgan fingerprint density at radius 2 is 1.52 bits per heavy atom. The summed E-state index contributed by atoms with van der Waals surface area (Å²) in [7, 11) is 1.59. The number of aromatic nitrogens is 1. The molecule has 0 saturated heterocycles. The van der Waals surface area contributed by atoms with Gasteiger partial charge in [0, 0.05) is 44.3 Å². The molecular formula is C18H20N4O3. The zero-order chi connectivity index (χ0) is 18.2. The quantitative estimate of drug-likeness (QED) is 0.810. The van der Waals surface area contributed by atoms with Gasteiger partial charge in [0.05, 0.1) is 0 Å². The average Bonchev–Trinajstić information content (AvgIpc) is 2.61. The summed E-state index contributed by atoms with van der Waals surface area (Å²) >= 11 is 0. The molecule has 1 heterocycles. The number of hydrogen-bond donors (Lipinski definition) is 2. The van der Waals surface area contributed by atoms with Crippen LogP contribution in [0.1, 0.15) is 12.5 Å². The normalized spacial score (nSPS) is 10.0. The summed E-state index contributed by atoms with van der Waals surface area (Å²) in [6.07, 6.45) is 4.02. The predicted molar refractivity (Wildman–Crippen MR) is 95.0 cm³/mol. The Bertz CT molecular complexity index is 745. The Labute approximate surface area is 146 Å². The van der Waals surface area contributed by atoms with Crippen LogP contribution in [0, 0.1) is 0 Å². The zero-order valence-corrected chi connectivity index (χ0v) is 14.2. The minimum atomic E-state index is -0.704. The van der Waals surface area contributed by atoms with Crippen LogP contribution < -0.4 is 10.6 Å². The van der Waals surface area contributed by atoms with Crippen molar-refractivity contribution in [3.63, 3.8) is 0 Å². The lowest BCUT2D eigenvalue weighted by molar-refractivity contribution is -0.142. The van der Waals surface area contributed by atoms with Crippen LogP contribution >= 0.6 is 0 Å². The number of carbonyl (C=O) groups excluding carboxylic acids is 3. The lowest BCUT2D eigenvalue weighted by atomic mass is 10.2. The number of benzene rings is 1. The van der Waals surface area contributed by atoms with Crippen LogP contribution in [0.3, 0.4) is 0 Å². The smallest absolute Gasteiger partial charge is 0.313 e. The Morgan fingerprint density at radius 3 is 2.08 bits per heavy atom. The van der Waals surface area contributed by atoms with E-state index in [-0.39, 0.29) is 5.91 Å². The zero-order valence-electron chi connectivity index (χ0n) is 14.2. The maximum Gasteiger partial charge on any atom is 0.313 e. The monoisotopic (exact) mass is 340 g/mol. The second-order valence-electron chi connectivity index (χ2n) is 5.54. The van der Waals surface area contributed by atoms with Gasteiger partial charge in [-0.2, -0.15) is 0 Å². The van der Waals surface area contributed by atoms with Gasteiger partial charge >= 0.3 is 11.8 Å². The van der Waals surface area contributed by atoms with Crippen molar-refractivity contribution in [1.82, 2.24) is 9.88 Å². The van der Waals surface area contributed by atoms with Crippen molar-refractivity contribution in [2.24, 2.45) is 0 Å². The topological polar surface area (TPSA) is 91.4 Å². The van der Waals surface area contributed by atoms with Crippen molar-refractivity contribution >= 4 is 29.1 Å². The molecule has 0 unspecified atom stereocenters. The highest BCUT2D eigenvalue weighted by Gasteiger charge is 2.18. The van der Waals surface area contributed by atoms with Crippen molar-refractivity contribution < 1.29 is 14.4 Å². The molecular weight excluding hydrogens is 320 g/mol. The minimum Gasteiger partial charge on any atom is -0.337 e. The Hall–Kier alpha value is -3.22. The molecule has 2 N–H and O–H groups in total. The summed E-state index contributed by atoms with van der Waals surface area (Å²) in [4.78, 5) is 40.5. The second-order valence-corrected chi connectivity index (χ2v) is 5.54. The van der Waals surface area contributed by atoms with Gasteiger partial charge in [-0.05, 0) is 48.4 Å². The number of anilines is 2. The van der Waals surface area contributed by atoms with E-state index >= 15 is 0 Å². The summed E-state index contributed by atoms with van der Waals surface area (Å²) in [5, 5.41) is 5.18. The van der Waals surface area contributed by atoms with Gasteiger partial charge in [-0.15, -0.1) is 0 Å². The van der Waals surface area contributed by atoms with E-state index in [1.54, 1.807) is 43.7 Å². The van der Waals surface area contributed by atoms with Gasteiger partial charge in [-0.1, -0.05) is 0 Å². The molecule has 1 aromatic carbocycles. The molecule has 0 aliphatic carbocycles. The van der Waals surface area contributed by atoms with E-state index in [1.165, 1.54) is 11.8 Å². The molecule has 0 spiro atoms. The molecule has 7 nitrogen and oxygen atoms in total. The van der Waals surface area contributed by atoms with Gasteiger partial charge in [-0.25, -0.2) is 0 Å². The maximum absolute atomic E-state index is 12.1. The Morgan fingerprint density at radius 1 is 0.960 bits per heavy atom. The van der Waals surface area contributed by atoms with E-state index in [0.29, 0.717) is 24.3 Å². The van der Waals surface area contributed by atoms with Crippen LogP contribution in [0.2, 0.25) is 0 Å². The molecule has 7 heteroatoms. The summed E-state index contributed by atoms with van der Waals surface area (Å²) < 4.78 is 0. The highest BCUT2D eigenvalue weighted by molar-refractivity contribution is 6.39. The number of likely N-dealkylation sites (N-methyl/N-ethyl adjacent to an activating group) is 1. The van der Waals surface area contributed by atoms with Crippen LogP contribution in [0.5, 0.6) is 0 Å². The fraction of sp³-hybridized carbons (Fsp3) is 0.222. The summed E-state index contributed by atoms with van der Waals surface area (Å²) in [6, 6.07) is 10.3. The standard InChI is InChI=1S/C18H20N4O3/c1-13(23)20-15-3-5-16(6-4-15)21-17(24)18(25)22(2)12-9-14-7-10-19-11-8-14/h3-8,10-11H,9,12H2,1-2H3,(H,20,23)(H,21,24). The highest BCUT2D eigenvalue weighted by Crippen LogP contribution is 2.13. The van der Waals surface area contributed by atoms with Crippen molar-refractivity contribution in [3.05, 3.63) is 54.4 Å². The summed E-state index contributed by atoms with van der Waals surface area (Å²) in [5.41, 5.74) is 2.14. The van der Waals surface area contributed by atoms with Gasteiger partial charge in [0.15, 0.2) is 0 Å². The molecule has 0 radical (unpaired) electrons. The number of nitrogens with zero attached hydrogens (tertiary/aromatic N) is 2. The fourth-order valence-electron chi connectivity index (χ4n) is 2.15. The molecule has 1 aromatic heterocycles. The molecule has 0 atom stereocenters. The number of rotatable bonds is 5. The third-order valence-electron chi connectivity index (χ3n) is 3.49. The van der Waals surface area contributed by atoms with Crippen molar-refractivity contribution in [3.8, 4) is 0 Å². The van der Waals surface area contributed by atoms with Crippen molar-refractivity contribution in [2.45, 2.75) is 13.3 Å². The maximum atomic E-state index is 12.1. The molecule has 0 bridgehead atoms. The Balaban J connectivity index is 1.86. The van der Waals surface area contributed by atoms with E-state index in [9.17, 15) is 14.4 Å². The molecule has 0 aliphatic rings. The predicted octanol–water partition coefficient (Wildman–Crippen LogP) is 1.68. The average molecular weight is 340 g/mol. The van der Waals surface area contributed by atoms with E-state index in [0.717, 1.165) is 5.56 Å². The van der Waals surface area contributed by atoms with E-state index < -0.39 is 11.8 Å². The molecule has 3 amide bonds. The van der Waals surface area contributed by atoms with Gasteiger partial charge in [0.25, 0.3) is 0 Å². The molecule has 2 rings (SSSR count). The molecule has 0 aliphatic heterocycles. The number of pyridine rings is 1. The first-order valence-corrected chi connectivity index (χ1v) is 7.78. The van der Waals surface area contributed by atoms with Crippen LogP contribution in [-0.4, -0.2) is 41.2 Å². The summed E-state index contributed by atoms with van der Waals surface area (Å²) in [6.45, 7) is 1.84. The first-order valence-electron chi connectivity index (χ1n) is 7.78. The fourth-order valence-corrected chi connectivity index (χ4v) is 2.15. The molecule has 25 heavy (non-hydrogen) atoms. The second kappa shape index (κ2) is 8.58. The van der Waals surface area contributed by atoms with Crippen LogP contribution in [-0.2, 0) is 20.8 Å². The molecule has 0 fully saturated rings. The van der Waals surface area contributed by atoms with Gasteiger partial charge in [0.2, 0.25) is 5.91 Å². The van der Waals surface area contributed by atoms with E-state index in [1.807, 2.05) is 12.1 Å². The lowest BCUT2D eigenvalue weighted by Gasteiger charge is -2.16. The Kier molecular flexibility index (Phi) is 6.22. The highest BCUT2D eigenvalue weighted by atomic mass is 16.2. The van der Waals surface area contributed by atoms with Gasteiger partial charge < -0.3 is 15.5 Å². The SMILES string of the molecule is CC(=O)Nc1ccc(NC(=O)C(=O)N(C)CCc2ccncc2)cc1.